The lowest BCUT2D eigenvalue weighted by atomic mass is 10.1. The molecule has 10 heavy (non-hydrogen) atoms. The molecule has 0 rings (SSSR count). The predicted molar refractivity (Wildman–Crippen MR) is 42.9 cm³/mol. The Hall–Kier alpha value is -0.110. The normalized spacial score (nSPS) is 14.1. The van der Waals surface area contributed by atoms with Crippen LogP contribution in [0.2, 0.25) is 0 Å². The van der Waals surface area contributed by atoms with Crippen molar-refractivity contribution in [2.75, 3.05) is 13.6 Å². The summed E-state index contributed by atoms with van der Waals surface area (Å²) in [6.45, 7) is 4.73. The second-order valence-electron chi connectivity index (χ2n) is 3.13. The van der Waals surface area contributed by atoms with Crippen molar-refractivity contribution in [2.24, 2.45) is 5.92 Å². The van der Waals surface area contributed by atoms with Crippen LogP contribution in [-0.4, -0.2) is 19.8 Å². The van der Waals surface area contributed by atoms with Gasteiger partial charge in [-0.15, -0.1) is 0 Å². The molecule has 0 bridgehead atoms. The number of rotatable bonds is 5. The van der Waals surface area contributed by atoms with Crippen molar-refractivity contribution in [3.8, 4) is 0 Å². The molecule has 0 saturated heterocycles. The van der Waals surface area contributed by atoms with E-state index in [1.165, 1.54) is 0 Å². The second kappa shape index (κ2) is 5.66. The van der Waals surface area contributed by atoms with E-state index in [4.69, 9.17) is 0 Å². The molecule has 0 spiro atoms. The Morgan fingerprint density at radius 1 is 1.30 bits per heavy atom. The van der Waals surface area contributed by atoms with Crippen molar-refractivity contribution in [3.63, 3.8) is 0 Å². The summed E-state index contributed by atoms with van der Waals surface area (Å²) >= 11 is 0. The molecule has 2 heteroatoms. The molecule has 0 aromatic rings. The third kappa shape index (κ3) is 6.02. The summed E-state index contributed by atoms with van der Waals surface area (Å²) in [5, 5.41) is 2.82. The molecule has 62 valence electrons. The Balaban J connectivity index is 3.12. The van der Waals surface area contributed by atoms with Crippen LogP contribution in [0.1, 0.15) is 26.7 Å². The maximum atomic E-state index is 12.7. The van der Waals surface area contributed by atoms with Gasteiger partial charge in [0.1, 0.15) is 6.17 Å². The minimum atomic E-state index is -0.660. The first-order valence-corrected chi connectivity index (χ1v) is 3.95. The average molecular weight is 147 g/mol. The summed E-state index contributed by atoms with van der Waals surface area (Å²) in [7, 11) is 1.78. The van der Waals surface area contributed by atoms with Gasteiger partial charge < -0.3 is 5.32 Å². The lowest BCUT2D eigenvalue weighted by Gasteiger charge is -2.08. The highest BCUT2D eigenvalue weighted by Crippen LogP contribution is 2.08. The third-order valence-corrected chi connectivity index (χ3v) is 1.48. The van der Waals surface area contributed by atoms with Crippen molar-refractivity contribution in [1.82, 2.24) is 5.32 Å². The summed E-state index contributed by atoms with van der Waals surface area (Å²) in [5.74, 6) is 0.620. The van der Waals surface area contributed by atoms with Gasteiger partial charge in [-0.1, -0.05) is 13.8 Å². The lowest BCUT2D eigenvalue weighted by molar-refractivity contribution is 0.289. The summed E-state index contributed by atoms with van der Waals surface area (Å²) in [6, 6.07) is 0. The van der Waals surface area contributed by atoms with Crippen LogP contribution >= 0.6 is 0 Å². The quantitative estimate of drug-likeness (QED) is 0.627. The van der Waals surface area contributed by atoms with E-state index in [-0.39, 0.29) is 0 Å². The van der Waals surface area contributed by atoms with E-state index < -0.39 is 6.17 Å². The Morgan fingerprint density at radius 2 is 1.90 bits per heavy atom. The predicted octanol–water partition coefficient (Wildman–Crippen LogP) is 1.98. The highest BCUT2D eigenvalue weighted by atomic mass is 19.1. The van der Waals surface area contributed by atoms with Gasteiger partial charge in [-0.05, 0) is 25.8 Å². The first-order chi connectivity index (χ1) is 4.66. The molecule has 0 unspecified atom stereocenters. The SMILES string of the molecule is CNC[C@H](F)CCC(C)C. The molecular formula is C8H18FN. The topological polar surface area (TPSA) is 12.0 Å². The van der Waals surface area contributed by atoms with Gasteiger partial charge in [0.25, 0.3) is 0 Å². The molecule has 1 nitrogen and oxygen atoms in total. The zero-order valence-corrected chi connectivity index (χ0v) is 7.15. The fourth-order valence-corrected chi connectivity index (χ4v) is 0.838. The minimum Gasteiger partial charge on any atom is -0.317 e. The maximum Gasteiger partial charge on any atom is 0.112 e. The maximum absolute atomic E-state index is 12.7. The summed E-state index contributed by atoms with van der Waals surface area (Å²) in [5.41, 5.74) is 0. The molecule has 0 aromatic carbocycles. The smallest absolute Gasteiger partial charge is 0.112 e. The Labute approximate surface area is 63.0 Å². The van der Waals surface area contributed by atoms with Crippen molar-refractivity contribution < 1.29 is 4.39 Å². The van der Waals surface area contributed by atoms with E-state index in [1.807, 2.05) is 0 Å². The van der Waals surface area contributed by atoms with Gasteiger partial charge in [-0.2, -0.15) is 0 Å². The van der Waals surface area contributed by atoms with E-state index >= 15 is 0 Å². The fourth-order valence-electron chi connectivity index (χ4n) is 0.838. The minimum absolute atomic E-state index is 0.493. The van der Waals surface area contributed by atoms with Crippen LogP contribution in [0, 0.1) is 5.92 Å². The number of hydrogen-bond donors (Lipinski definition) is 1. The van der Waals surface area contributed by atoms with Gasteiger partial charge in [-0.3, -0.25) is 0 Å². The molecule has 0 aliphatic carbocycles. The van der Waals surface area contributed by atoms with E-state index in [2.05, 4.69) is 19.2 Å². The van der Waals surface area contributed by atoms with E-state index in [0.29, 0.717) is 18.9 Å². The number of halogens is 1. The van der Waals surface area contributed by atoms with E-state index in [0.717, 1.165) is 6.42 Å². The molecule has 0 aromatic heterocycles. The van der Waals surface area contributed by atoms with Crippen LogP contribution in [0.15, 0.2) is 0 Å². The number of nitrogens with one attached hydrogen (secondary N) is 1. The molecule has 0 amide bonds. The molecule has 0 aliphatic heterocycles. The van der Waals surface area contributed by atoms with Crippen LogP contribution in [0.3, 0.4) is 0 Å². The van der Waals surface area contributed by atoms with Gasteiger partial charge in [0.2, 0.25) is 0 Å². The molecule has 1 N–H and O–H groups in total. The third-order valence-electron chi connectivity index (χ3n) is 1.48. The van der Waals surface area contributed by atoms with Crippen molar-refractivity contribution in [3.05, 3.63) is 0 Å². The molecule has 1 atom stereocenters. The first-order valence-electron chi connectivity index (χ1n) is 3.95. The molecule has 0 radical (unpaired) electrons. The average Bonchev–Trinajstić information content (AvgIpc) is 1.85. The van der Waals surface area contributed by atoms with E-state index in [1.54, 1.807) is 7.05 Å². The number of alkyl halides is 1. The monoisotopic (exact) mass is 147 g/mol. The Kier molecular flexibility index (Phi) is 5.60. The largest absolute Gasteiger partial charge is 0.317 e. The van der Waals surface area contributed by atoms with Gasteiger partial charge in [0.05, 0.1) is 0 Å². The van der Waals surface area contributed by atoms with Crippen LogP contribution in [0.25, 0.3) is 0 Å². The number of hydrogen-bond acceptors (Lipinski definition) is 1. The Bertz CT molecular complexity index is 73.7. The van der Waals surface area contributed by atoms with E-state index in [9.17, 15) is 4.39 Å². The highest BCUT2D eigenvalue weighted by molar-refractivity contribution is 4.59. The van der Waals surface area contributed by atoms with Crippen LogP contribution in [0.4, 0.5) is 4.39 Å². The lowest BCUT2D eigenvalue weighted by Crippen LogP contribution is -2.19. The van der Waals surface area contributed by atoms with Crippen molar-refractivity contribution >= 4 is 0 Å². The van der Waals surface area contributed by atoms with Crippen molar-refractivity contribution in [1.29, 1.82) is 0 Å². The standard InChI is InChI=1S/C8H18FN/c1-7(2)4-5-8(9)6-10-3/h7-8,10H,4-6H2,1-3H3/t8-/m1/s1. The molecule has 0 fully saturated rings. The van der Waals surface area contributed by atoms with Gasteiger partial charge in [-0.25, -0.2) is 4.39 Å². The van der Waals surface area contributed by atoms with Gasteiger partial charge in [0, 0.05) is 6.54 Å². The summed E-state index contributed by atoms with van der Waals surface area (Å²) in [6.07, 6.45) is 1.02. The summed E-state index contributed by atoms with van der Waals surface area (Å²) < 4.78 is 12.7. The van der Waals surface area contributed by atoms with Crippen molar-refractivity contribution in [2.45, 2.75) is 32.9 Å². The van der Waals surface area contributed by atoms with Crippen LogP contribution in [0.5, 0.6) is 0 Å². The zero-order chi connectivity index (χ0) is 7.98. The first kappa shape index (κ1) is 9.89. The molecule has 0 aliphatic rings. The highest BCUT2D eigenvalue weighted by Gasteiger charge is 2.04. The van der Waals surface area contributed by atoms with Crippen LogP contribution in [-0.2, 0) is 0 Å². The molecule has 0 heterocycles. The molecular weight excluding hydrogens is 129 g/mol. The molecule has 0 saturated carbocycles. The fraction of sp³-hybridized carbons (Fsp3) is 1.00. The zero-order valence-electron chi connectivity index (χ0n) is 7.15. The second-order valence-corrected chi connectivity index (χ2v) is 3.13. The van der Waals surface area contributed by atoms with Gasteiger partial charge in [0.15, 0.2) is 0 Å². The van der Waals surface area contributed by atoms with Gasteiger partial charge >= 0.3 is 0 Å². The Morgan fingerprint density at radius 3 is 2.30 bits per heavy atom. The van der Waals surface area contributed by atoms with Crippen LogP contribution < -0.4 is 5.32 Å². The summed E-state index contributed by atoms with van der Waals surface area (Å²) in [4.78, 5) is 0.